The summed E-state index contributed by atoms with van der Waals surface area (Å²) in [5.41, 5.74) is 2.58. The smallest absolute Gasteiger partial charge is 0.253 e. The van der Waals surface area contributed by atoms with Crippen molar-refractivity contribution in [1.82, 2.24) is 30.2 Å². The number of pyridine rings is 1. The number of nitrogens with one attached hydrogen (secondary N) is 1. The summed E-state index contributed by atoms with van der Waals surface area (Å²) in [6.07, 6.45) is 9.82. The van der Waals surface area contributed by atoms with Crippen LogP contribution < -0.4 is 5.32 Å². The minimum atomic E-state index is -0.372. The third-order valence-electron chi connectivity index (χ3n) is 4.13. The topological polar surface area (TPSA) is 93.6 Å². The van der Waals surface area contributed by atoms with Crippen molar-refractivity contribution >= 4 is 5.91 Å². The van der Waals surface area contributed by atoms with Gasteiger partial charge < -0.3 is 5.32 Å². The molecule has 3 aromatic rings. The second-order valence-electron chi connectivity index (χ2n) is 7.27. The zero-order valence-corrected chi connectivity index (χ0v) is 15.8. The van der Waals surface area contributed by atoms with Crippen LogP contribution in [-0.4, -0.2) is 30.8 Å². The van der Waals surface area contributed by atoms with Crippen molar-refractivity contribution in [3.05, 3.63) is 66.1 Å². The largest absolute Gasteiger partial charge is 0.344 e. The van der Waals surface area contributed by atoms with E-state index in [1.807, 2.05) is 13.0 Å². The van der Waals surface area contributed by atoms with Crippen molar-refractivity contribution in [3.63, 3.8) is 0 Å². The van der Waals surface area contributed by atoms with Crippen LogP contribution in [0.5, 0.6) is 0 Å². The standard InChI is InChI=1S/C20H22N6O/c1-13(16-17(23-9-8-22-16)18-24-6-5-7-25-18)26-19(27)14-10-15(12-21-11-14)20(2,3)4/h5-13H,1-4H3,(H,26,27). The van der Waals surface area contributed by atoms with Gasteiger partial charge in [0.15, 0.2) is 5.82 Å². The molecule has 1 unspecified atom stereocenters. The van der Waals surface area contributed by atoms with Crippen molar-refractivity contribution in [2.75, 3.05) is 0 Å². The van der Waals surface area contributed by atoms with Gasteiger partial charge in [0.1, 0.15) is 5.69 Å². The molecule has 7 nitrogen and oxygen atoms in total. The summed E-state index contributed by atoms with van der Waals surface area (Å²) >= 11 is 0. The lowest BCUT2D eigenvalue weighted by molar-refractivity contribution is 0.0938. The molecule has 3 heterocycles. The van der Waals surface area contributed by atoms with Crippen molar-refractivity contribution in [1.29, 1.82) is 0 Å². The molecule has 0 saturated carbocycles. The normalized spacial score (nSPS) is 12.4. The Bertz CT molecular complexity index is 936. The van der Waals surface area contributed by atoms with Gasteiger partial charge >= 0.3 is 0 Å². The first-order valence-corrected chi connectivity index (χ1v) is 8.71. The van der Waals surface area contributed by atoms with E-state index in [2.05, 4.69) is 51.0 Å². The van der Waals surface area contributed by atoms with Crippen molar-refractivity contribution < 1.29 is 4.79 Å². The predicted octanol–water partition coefficient (Wildman–Crippen LogP) is 3.12. The minimum Gasteiger partial charge on any atom is -0.344 e. The van der Waals surface area contributed by atoms with E-state index in [0.29, 0.717) is 22.8 Å². The Morgan fingerprint density at radius 1 is 1.00 bits per heavy atom. The predicted molar refractivity (Wildman–Crippen MR) is 102 cm³/mol. The summed E-state index contributed by atoms with van der Waals surface area (Å²) in [5, 5.41) is 2.96. The zero-order valence-electron chi connectivity index (χ0n) is 15.8. The van der Waals surface area contributed by atoms with E-state index in [0.717, 1.165) is 5.56 Å². The molecule has 0 saturated heterocycles. The Morgan fingerprint density at radius 3 is 2.41 bits per heavy atom. The molecular formula is C20H22N6O. The van der Waals surface area contributed by atoms with E-state index in [4.69, 9.17) is 0 Å². The van der Waals surface area contributed by atoms with Crippen LogP contribution in [0.4, 0.5) is 0 Å². The second-order valence-corrected chi connectivity index (χ2v) is 7.27. The molecule has 3 aromatic heterocycles. The van der Waals surface area contributed by atoms with Crippen LogP contribution in [-0.2, 0) is 5.41 Å². The van der Waals surface area contributed by atoms with Gasteiger partial charge in [-0.15, -0.1) is 0 Å². The van der Waals surface area contributed by atoms with Crippen LogP contribution in [0.1, 0.15) is 55.4 Å². The number of carbonyl (C=O) groups is 1. The quantitative estimate of drug-likeness (QED) is 0.766. The molecule has 1 amide bonds. The van der Waals surface area contributed by atoms with Crippen LogP contribution in [0.25, 0.3) is 11.5 Å². The van der Waals surface area contributed by atoms with E-state index in [1.54, 1.807) is 43.2 Å². The molecule has 1 N–H and O–H groups in total. The van der Waals surface area contributed by atoms with Crippen LogP contribution in [0.15, 0.2) is 49.3 Å². The first kappa shape index (κ1) is 18.6. The molecule has 0 aliphatic carbocycles. The van der Waals surface area contributed by atoms with Gasteiger partial charge in [0.05, 0.1) is 17.3 Å². The molecular weight excluding hydrogens is 340 g/mol. The van der Waals surface area contributed by atoms with E-state index in [9.17, 15) is 4.79 Å². The van der Waals surface area contributed by atoms with Gasteiger partial charge in [-0.05, 0) is 30.0 Å². The van der Waals surface area contributed by atoms with Crippen molar-refractivity contribution in [3.8, 4) is 11.5 Å². The summed E-state index contributed by atoms with van der Waals surface area (Å²) in [5.74, 6) is 0.254. The number of hydrogen-bond acceptors (Lipinski definition) is 6. The van der Waals surface area contributed by atoms with Crippen LogP contribution in [0.2, 0.25) is 0 Å². The highest BCUT2D eigenvalue weighted by Gasteiger charge is 2.21. The lowest BCUT2D eigenvalue weighted by Gasteiger charge is -2.20. The van der Waals surface area contributed by atoms with E-state index in [-0.39, 0.29) is 17.4 Å². The van der Waals surface area contributed by atoms with Gasteiger partial charge in [-0.2, -0.15) is 0 Å². The highest BCUT2D eigenvalue weighted by atomic mass is 16.1. The van der Waals surface area contributed by atoms with Crippen molar-refractivity contribution in [2.24, 2.45) is 0 Å². The molecule has 1 atom stereocenters. The number of rotatable bonds is 4. The summed E-state index contributed by atoms with van der Waals surface area (Å²) in [6.45, 7) is 8.11. The first-order valence-electron chi connectivity index (χ1n) is 8.71. The fourth-order valence-corrected chi connectivity index (χ4v) is 2.58. The molecule has 138 valence electrons. The summed E-state index contributed by atoms with van der Waals surface area (Å²) < 4.78 is 0. The summed E-state index contributed by atoms with van der Waals surface area (Å²) in [6, 6.07) is 3.23. The van der Waals surface area contributed by atoms with Gasteiger partial charge in [-0.3, -0.25) is 14.8 Å². The molecule has 0 fully saturated rings. The SMILES string of the molecule is CC(NC(=O)c1cncc(C(C)(C)C)c1)c1nccnc1-c1ncccn1. The number of nitrogens with zero attached hydrogens (tertiary/aromatic N) is 5. The summed E-state index contributed by atoms with van der Waals surface area (Å²) in [7, 11) is 0. The monoisotopic (exact) mass is 362 g/mol. The van der Waals surface area contributed by atoms with Crippen LogP contribution in [0, 0.1) is 0 Å². The van der Waals surface area contributed by atoms with Crippen LogP contribution >= 0.6 is 0 Å². The third-order valence-corrected chi connectivity index (χ3v) is 4.13. The van der Waals surface area contributed by atoms with E-state index >= 15 is 0 Å². The molecule has 0 spiro atoms. The van der Waals surface area contributed by atoms with Crippen molar-refractivity contribution in [2.45, 2.75) is 39.2 Å². The Kier molecular flexibility index (Phi) is 5.21. The maximum atomic E-state index is 12.7. The van der Waals surface area contributed by atoms with Crippen LogP contribution in [0.3, 0.4) is 0 Å². The molecule has 0 bridgehead atoms. The zero-order chi connectivity index (χ0) is 19.4. The maximum absolute atomic E-state index is 12.7. The second kappa shape index (κ2) is 7.57. The Balaban J connectivity index is 1.85. The number of hydrogen-bond donors (Lipinski definition) is 1. The molecule has 7 heteroatoms. The molecule has 3 rings (SSSR count). The average molecular weight is 362 g/mol. The van der Waals surface area contributed by atoms with Gasteiger partial charge in [0.25, 0.3) is 5.91 Å². The maximum Gasteiger partial charge on any atom is 0.253 e. The highest BCUT2D eigenvalue weighted by Crippen LogP contribution is 2.23. The first-order chi connectivity index (χ1) is 12.9. The Labute approximate surface area is 158 Å². The average Bonchev–Trinajstić information content (AvgIpc) is 2.68. The van der Waals surface area contributed by atoms with Gasteiger partial charge in [-0.25, -0.2) is 15.0 Å². The molecule has 0 radical (unpaired) electrons. The lowest BCUT2D eigenvalue weighted by Crippen LogP contribution is -2.28. The highest BCUT2D eigenvalue weighted by molar-refractivity contribution is 5.94. The number of aromatic nitrogens is 5. The summed E-state index contributed by atoms with van der Waals surface area (Å²) in [4.78, 5) is 34.1. The third kappa shape index (κ3) is 4.31. The van der Waals surface area contributed by atoms with E-state index in [1.165, 1.54) is 0 Å². The Morgan fingerprint density at radius 2 is 1.70 bits per heavy atom. The minimum absolute atomic E-state index is 0.0857. The van der Waals surface area contributed by atoms with Gasteiger partial charge in [0, 0.05) is 37.2 Å². The molecule has 0 aromatic carbocycles. The van der Waals surface area contributed by atoms with Gasteiger partial charge in [-0.1, -0.05) is 20.8 Å². The van der Waals surface area contributed by atoms with Gasteiger partial charge in [0.2, 0.25) is 0 Å². The molecule has 0 aliphatic rings. The van der Waals surface area contributed by atoms with E-state index < -0.39 is 0 Å². The lowest BCUT2D eigenvalue weighted by atomic mass is 9.87. The number of amides is 1. The molecule has 27 heavy (non-hydrogen) atoms. The number of carbonyl (C=O) groups excluding carboxylic acids is 1. The molecule has 0 aliphatic heterocycles. The fourth-order valence-electron chi connectivity index (χ4n) is 2.58. The Hall–Kier alpha value is -3.22. The fraction of sp³-hybridized carbons (Fsp3) is 0.300.